The van der Waals surface area contributed by atoms with Crippen LogP contribution in [0.15, 0.2) is 42.5 Å². The van der Waals surface area contributed by atoms with E-state index in [-0.39, 0.29) is 37.0 Å². The molecule has 1 aliphatic rings. The number of methoxy groups -OCH3 is 1. The van der Waals surface area contributed by atoms with E-state index in [9.17, 15) is 19.2 Å². The van der Waals surface area contributed by atoms with Crippen molar-refractivity contribution in [1.82, 2.24) is 5.32 Å². The minimum atomic E-state index is -0.627. The van der Waals surface area contributed by atoms with Crippen LogP contribution in [0.5, 0.6) is 11.5 Å². The summed E-state index contributed by atoms with van der Waals surface area (Å²) >= 11 is 0. The number of ketones is 1. The van der Waals surface area contributed by atoms with Gasteiger partial charge in [0.1, 0.15) is 11.5 Å². The predicted molar refractivity (Wildman–Crippen MR) is 106 cm³/mol. The molecule has 9 nitrogen and oxygen atoms in total. The van der Waals surface area contributed by atoms with Crippen LogP contribution in [0.1, 0.15) is 27.1 Å². The van der Waals surface area contributed by atoms with Crippen LogP contribution in [0, 0.1) is 0 Å². The first-order chi connectivity index (χ1) is 14.5. The molecular formula is C21H20N2O7. The van der Waals surface area contributed by atoms with Gasteiger partial charge in [0, 0.05) is 12.1 Å². The van der Waals surface area contributed by atoms with Gasteiger partial charge in [-0.25, -0.2) is 0 Å². The van der Waals surface area contributed by atoms with Gasteiger partial charge in [-0.2, -0.15) is 0 Å². The lowest BCUT2D eigenvalue weighted by molar-refractivity contribution is -0.142. The van der Waals surface area contributed by atoms with Crippen LogP contribution < -0.4 is 20.1 Å². The number of amides is 2. The van der Waals surface area contributed by atoms with Crippen molar-refractivity contribution in [3.05, 3.63) is 53.6 Å². The second-order valence-corrected chi connectivity index (χ2v) is 6.34. The van der Waals surface area contributed by atoms with E-state index in [1.54, 1.807) is 30.3 Å². The third kappa shape index (κ3) is 5.13. The molecule has 1 aliphatic heterocycles. The summed E-state index contributed by atoms with van der Waals surface area (Å²) in [6, 6.07) is 11.3. The maximum absolute atomic E-state index is 12.2. The fraction of sp³-hybridized carbons (Fsp3) is 0.238. The third-order valence-corrected chi connectivity index (χ3v) is 4.26. The summed E-state index contributed by atoms with van der Waals surface area (Å²) < 4.78 is 15.3. The zero-order valence-corrected chi connectivity index (χ0v) is 16.2. The van der Waals surface area contributed by atoms with Crippen molar-refractivity contribution < 1.29 is 33.4 Å². The van der Waals surface area contributed by atoms with Crippen molar-refractivity contribution in [3.8, 4) is 11.5 Å². The van der Waals surface area contributed by atoms with E-state index in [1.807, 2.05) is 0 Å². The second-order valence-electron chi connectivity index (χ2n) is 6.34. The minimum Gasteiger partial charge on any atom is -0.496 e. The van der Waals surface area contributed by atoms with E-state index in [2.05, 4.69) is 10.6 Å². The summed E-state index contributed by atoms with van der Waals surface area (Å²) in [7, 11) is 1.46. The highest BCUT2D eigenvalue weighted by molar-refractivity contribution is 6.01. The van der Waals surface area contributed by atoms with Crippen LogP contribution >= 0.6 is 0 Å². The number of nitrogens with one attached hydrogen (secondary N) is 2. The average Bonchev–Trinajstić information content (AvgIpc) is 2.76. The molecule has 0 spiro atoms. The minimum absolute atomic E-state index is 0.0477. The topological polar surface area (TPSA) is 120 Å². The van der Waals surface area contributed by atoms with E-state index in [0.717, 1.165) is 0 Å². The SMILES string of the molecule is COc1ccccc1C(=O)NCCC(=O)OCC(=O)c1ccc2c(c1)NC(=O)CO2. The van der Waals surface area contributed by atoms with E-state index >= 15 is 0 Å². The van der Waals surface area contributed by atoms with Gasteiger partial charge < -0.3 is 24.8 Å². The largest absolute Gasteiger partial charge is 0.496 e. The van der Waals surface area contributed by atoms with Crippen LogP contribution in [-0.2, 0) is 14.3 Å². The number of hydrogen-bond donors (Lipinski definition) is 2. The number of hydrogen-bond acceptors (Lipinski definition) is 7. The number of benzene rings is 2. The molecule has 9 heteroatoms. The van der Waals surface area contributed by atoms with Gasteiger partial charge >= 0.3 is 5.97 Å². The molecule has 3 rings (SSSR count). The fourth-order valence-electron chi connectivity index (χ4n) is 2.76. The summed E-state index contributed by atoms with van der Waals surface area (Å²) in [5.74, 6) is -0.852. The molecule has 0 saturated carbocycles. The number of ether oxygens (including phenoxy) is 3. The normalized spacial score (nSPS) is 12.1. The van der Waals surface area contributed by atoms with E-state index < -0.39 is 18.4 Å². The summed E-state index contributed by atoms with van der Waals surface area (Å²) in [6.07, 6.45) is -0.0950. The Hall–Kier alpha value is -3.88. The zero-order valence-electron chi connectivity index (χ0n) is 16.2. The molecule has 1 heterocycles. The Balaban J connectivity index is 1.44. The molecule has 0 aliphatic carbocycles. The molecule has 2 amide bonds. The quantitative estimate of drug-likeness (QED) is 0.499. The Morgan fingerprint density at radius 3 is 2.77 bits per heavy atom. The van der Waals surface area contributed by atoms with Gasteiger partial charge in [-0.05, 0) is 30.3 Å². The summed E-state index contributed by atoms with van der Waals surface area (Å²) in [4.78, 5) is 47.6. The average molecular weight is 412 g/mol. The monoisotopic (exact) mass is 412 g/mol. The third-order valence-electron chi connectivity index (χ3n) is 4.26. The molecular weight excluding hydrogens is 392 g/mol. The predicted octanol–water partition coefficient (Wildman–Crippen LogP) is 1.57. The molecule has 0 bridgehead atoms. The molecule has 0 radical (unpaired) electrons. The summed E-state index contributed by atoms with van der Waals surface area (Å²) in [6.45, 7) is -0.482. The number of carbonyl (C=O) groups is 4. The molecule has 2 aromatic carbocycles. The van der Waals surface area contributed by atoms with Gasteiger partial charge in [0.15, 0.2) is 19.0 Å². The van der Waals surface area contributed by atoms with Crippen LogP contribution in [0.2, 0.25) is 0 Å². The Labute approximate surface area is 172 Å². The molecule has 2 aromatic rings. The molecule has 0 unspecified atom stereocenters. The molecule has 0 saturated heterocycles. The van der Waals surface area contributed by atoms with Crippen molar-refractivity contribution in [3.63, 3.8) is 0 Å². The van der Waals surface area contributed by atoms with Gasteiger partial charge in [-0.3, -0.25) is 19.2 Å². The van der Waals surface area contributed by atoms with Gasteiger partial charge in [0.25, 0.3) is 11.8 Å². The lowest BCUT2D eigenvalue weighted by Crippen LogP contribution is -2.27. The van der Waals surface area contributed by atoms with Crippen molar-refractivity contribution >= 4 is 29.3 Å². The Kier molecular flexibility index (Phi) is 6.63. The number of carbonyl (C=O) groups excluding carboxylic acids is 4. The maximum Gasteiger partial charge on any atom is 0.308 e. The van der Waals surface area contributed by atoms with Crippen molar-refractivity contribution in [1.29, 1.82) is 0 Å². The standard InChI is InChI=1S/C21H20N2O7/c1-28-17-5-3-2-4-14(17)21(27)22-9-8-20(26)30-11-16(24)13-6-7-18-15(10-13)23-19(25)12-29-18/h2-7,10H,8-9,11-12H2,1H3,(H,22,27)(H,23,25). The van der Waals surface area contributed by atoms with Crippen molar-refractivity contribution in [2.45, 2.75) is 6.42 Å². The summed E-state index contributed by atoms with van der Waals surface area (Å²) in [5.41, 5.74) is 1.02. The van der Waals surface area contributed by atoms with Gasteiger partial charge in [-0.1, -0.05) is 12.1 Å². The zero-order chi connectivity index (χ0) is 21.5. The lowest BCUT2D eigenvalue weighted by Gasteiger charge is -2.18. The first kappa shape index (κ1) is 20.8. The fourth-order valence-corrected chi connectivity index (χ4v) is 2.76. The van der Waals surface area contributed by atoms with E-state index in [1.165, 1.54) is 19.2 Å². The van der Waals surface area contributed by atoms with Gasteiger partial charge in [-0.15, -0.1) is 0 Å². The highest BCUT2D eigenvalue weighted by Gasteiger charge is 2.18. The lowest BCUT2D eigenvalue weighted by atomic mass is 10.1. The maximum atomic E-state index is 12.2. The number of rotatable bonds is 8. The number of Topliss-reactive ketones (excluding diaryl/α,β-unsaturated/α-hetero) is 1. The Morgan fingerprint density at radius 2 is 1.97 bits per heavy atom. The van der Waals surface area contributed by atoms with Crippen molar-refractivity contribution in [2.75, 3.05) is 32.2 Å². The molecule has 30 heavy (non-hydrogen) atoms. The van der Waals surface area contributed by atoms with Gasteiger partial charge in [0.05, 0.1) is 24.8 Å². The van der Waals surface area contributed by atoms with Crippen LogP contribution in [-0.4, -0.2) is 50.4 Å². The molecule has 156 valence electrons. The highest BCUT2D eigenvalue weighted by atomic mass is 16.5. The number of anilines is 1. The van der Waals surface area contributed by atoms with Crippen LogP contribution in [0.4, 0.5) is 5.69 Å². The molecule has 0 fully saturated rings. The van der Waals surface area contributed by atoms with E-state index in [0.29, 0.717) is 22.7 Å². The number of fused-ring (bicyclic) bond motifs is 1. The first-order valence-corrected chi connectivity index (χ1v) is 9.14. The molecule has 0 atom stereocenters. The highest BCUT2D eigenvalue weighted by Crippen LogP contribution is 2.28. The van der Waals surface area contributed by atoms with Crippen molar-refractivity contribution in [2.24, 2.45) is 0 Å². The van der Waals surface area contributed by atoms with E-state index in [4.69, 9.17) is 14.2 Å². The number of esters is 1. The number of para-hydroxylation sites is 1. The molecule has 0 aromatic heterocycles. The second kappa shape index (κ2) is 9.55. The summed E-state index contributed by atoms with van der Waals surface area (Å²) in [5, 5.41) is 5.21. The Bertz CT molecular complexity index is 987. The van der Waals surface area contributed by atoms with Crippen LogP contribution in [0.25, 0.3) is 0 Å². The molecule has 2 N–H and O–H groups in total. The first-order valence-electron chi connectivity index (χ1n) is 9.14. The van der Waals surface area contributed by atoms with Crippen LogP contribution in [0.3, 0.4) is 0 Å². The van der Waals surface area contributed by atoms with Gasteiger partial charge in [0.2, 0.25) is 0 Å². The Morgan fingerprint density at radius 1 is 1.17 bits per heavy atom. The smallest absolute Gasteiger partial charge is 0.308 e.